The van der Waals surface area contributed by atoms with E-state index in [4.69, 9.17) is 9.47 Å². The number of amides is 1. The van der Waals surface area contributed by atoms with Gasteiger partial charge in [-0.15, -0.1) is 11.3 Å². The zero-order chi connectivity index (χ0) is 18.0. The van der Waals surface area contributed by atoms with E-state index in [1.165, 1.54) is 10.4 Å². The average molecular weight is 360 g/mol. The van der Waals surface area contributed by atoms with Crippen molar-refractivity contribution < 1.29 is 14.3 Å². The third-order valence-electron chi connectivity index (χ3n) is 4.59. The molecule has 1 aromatic carbocycles. The standard InChI is InChI=1S/C19H24N2O3S/c1-12-9-16(23-3)17(24-4)10-15(12)20-13(2)19(22)21-7-5-18-14(11-21)6-8-25-18/h6,8-10,13,20H,5,7,11H2,1-4H3. The number of hydrogen-bond donors (Lipinski definition) is 1. The highest BCUT2D eigenvalue weighted by Gasteiger charge is 2.25. The Morgan fingerprint density at radius 2 is 2.00 bits per heavy atom. The Bertz CT molecular complexity index is 772. The van der Waals surface area contributed by atoms with Crippen LogP contribution in [0.15, 0.2) is 23.6 Å². The highest BCUT2D eigenvalue weighted by atomic mass is 32.1. The Labute approximate surface area is 152 Å². The molecular formula is C19H24N2O3S. The van der Waals surface area contributed by atoms with Gasteiger partial charge >= 0.3 is 0 Å². The second kappa shape index (κ2) is 7.35. The maximum absolute atomic E-state index is 12.8. The van der Waals surface area contributed by atoms with Crippen LogP contribution in [-0.2, 0) is 17.8 Å². The molecule has 0 saturated heterocycles. The Kier molecular flexibility index (Phi) is 5.18. The first-order chi connectivity index (χ1) is 12.0. The zero-order valence-electron chi connectivity index (χ0n) is 15.1. The van der Waals surface area contributed by atoms with Gasteiger partial charge in [0.15, 0.2) is 11.5 Å². The summed E-state index contributed by atoms with van der Waals surface area (Å²) in [5.74, 6) is 1.45. The van der Waals surface area contributed by atoms with E-state index in [2.05, 4.69) is 16.8 Å². The summed E-state index contributed by atoms with van der Waals surface area (Å²) in [7, 11) is 3.23. The number of hydrogen-bond acceptors (Lipinski definition) is 5. The van der Waals surface area contributed by atoms with Crippen LogP contribution in [-0.4, -0.2) is 37.6 Å². The quantitative estimate of drug-likeness (QED) is 0.887. The number of aryl methyl sites for hydroxylation is 1. The molecule has 3 rings (SSSR count). The molecule has 5 nitrogen and oxygen atoms in total. The molecule has 0 aliphatic carbocycles. The van der Waals surface area contributed by atoms with Gasteiger partial charge in [-0.25, -0.2) is 0 Å². The normalized spacial score (nSPS) is 14.6. The van der Waals surface area contributed by atoms with Crippen molar-refractivity contribution >= 4 is 22.9 Å². The lowest BCUT2D eigenvalue weighted by atomic mass is 10.1. The van der Waals surface area contributed by atoms with Crippen LogP contribution in [0.5, 0.6) is 11.5 Å². The molecule has 2 aromatic rings. The maximum Gasteiger partial charge on any atom is 0.245 e. The fourth-order valence-corrected chi connectivity index (χ4v) is 4.03. The molecule has 0 fully saturated rings. The lowest BCUT2D eigenvalue weighted by Gasteiger charge is -2.30. The van der Waals surface area contributed by atoms with Gasteiger partial charge in [0, 0.05) is 29.7 Å². The molecule has 1 N–H and O–H groups in total. The van der Waals surface area contributed by atoms with Gasteiger partial charge in [-0.05, 0) is 48.9 Å². The second-order valence-corrected chi connectivity index (χ2v) is 7.27. The fraction of sp³-hybridized carbons (Fsp3) is 0.421. The lowest BCUT2D eigenvalue weighted by Crippen LogP contribution is -2.43. The molecule has 2 heterocycles. The molecule has 0 spiro atoms. The van der Waals surface area contributed by atoms with Crippen LogP contribution in [0.1, 0.15) is 22.9 Å². The number of carbonyl (C=O) groups excluding carboxylic acids is 1. The van der Waals surface area contributed by atoms with Gasteiger partial charge in [-0.3, -0.25) is 4.79 Å². The maximum atomic E-state index is 12.8. The molecule has 1 aromatic heterocycles. The summed E-state index contributed by atoms with van der Waals surface area (Å²) in [6.45, 7) is 5.37. The van der Waals surface area contributed by atoms with E-state index in [1.54, 1.807) is 25.6 Å². The molecule has 1 unspecified atom stereocenters. The Hall–Kier alpha value is -2.21. The van der Waals surface area contributed by atoms with Crippen LogP contribution in [0, 0.1) is 6.92 Å². The molecule has 0 radical (unpaired) electrons. The first kappa shape index (κ1) is 17.6. The van der Waals surface area contributed by atoms with Gasteiger partial charge in [0.1, 0.15) is 6.04 Å². The van der Waals surface area contributed by atoms with Gasteiger partial charge in [0.25, 0.3) is 0 Å². The molecular weight excluding hydrogens is 336 g/mol. The fourth-order valence-electron chi connectivity index (χ4n) is 3.14. The minimum atomic E-state index is -0.308. The lowest BCUT2D eigenvalue weighted by molar-refractivity contribution is -0.132. The minimum absolute atomic E-state index is 0.117. The number of anilines is 1. The van der Waals surface area contributed by atoms with Crippen LogP contribution in [0.2, 0.25) is 0 Å². The van der Waals surface area contributed by atoms with Crippen molar-refractivity contribution in [2.45, 2.75) is 32.9 Å². The van der Waals surface area contributed by atoms with E-state index < -0.39 is 0 Å². The van der Waals surface area contributed by atoms with E-state index >= 15 is 0 Å². The van der Waals surface area contributed by atoms with Crippen LogP contribution < -0.4 is 14.8 Å². The number of nitrogens with one attached hydrogen (secondary N) is 1. The largest absolute Gasteiger partial charge is 0.493 e. The SMILES string of the molecule is COc1cc(C)c(NC(C)C(=O)N2CCc3sccc3C2)cc1OC. The van der Waals surface area contributed by atoms with Crippen molar-refractivity contribution in [1.29, 1.82) is 0 Å². The summed E-state index contributed by atoms with van der Waals surface area (Å²) in [4.78, 5) is 16.2. The van der Waals surface area contributed by atoms with Crippen molar-refractivity contribution in [2.24, 2.45) is 0 Å². The second-order valence-electron chi connectivity index (χ2n) is 6.27. The highest BCUT2D eigenvalue weighted by molar-refractivity contribution is 7.10. The first-order valence-corrected chi connectivity index (χ1v) is 9.24. The smallest absolute Gasteiger partial charge is 0.245 e. The summed E-state index contributed by atoms with van der Waals surface area (Å²) in [6.07, 6.45) is 0.945. The van der Waals surface area contributed by atoms with Gasteiger partial charge < -0.3 is 19.7 Å². The predicted molar refractivity (Wildman–Crippen MR) is 101 cm³/mol. The number of ether oxygens (including phenoxy) is 2. The van der Waals surface area contributed by atoms with Crippen molar-refractivity contribution in [2.75, 3.05) is 26.1 Å². The summed E-state index contributed by atoms with van der Waals surface area (Å²) in [5, 5.41) is 5.43. The van der Waals surface area contributed by atoms with Crippen LogP contribution in [0.4, 0.5) is 5.69 Å². The summed E-state index contributed by atoms with van der Waals surface area (Å²) < 4.78 is 10.7. The topological polar surface area (TPSA) is 50.8 Å². The van der Waals surface area contributed by atoms with E-state index in [9.17, 15) is 4.79 Å². The van der Waals surface area contributed by atoms with Gasteiger partial charge in [-0.1, -0.05) is 0 Å². The Morgan fingerprint density at radius 1 is 1.28 bits per heavy atom. The van der Waals surface area contributed by atoms with Crippen molar-refractivity contribution in [3.05, 3.63) is 39.6 Å². The number of nitrogens with zero attached hydrogens (tertiary/aromatic N) is 1. The number of thiophene rings is 1. The third kappa shape index (κ3) is 3.58. The van der Waals surface area contributed by atoms with Crippen LogP contribution in [0.3, 0.4) is 0 Å². The number of fused-ring (bicyclic) bond motifs is 1. The molecule has 1 amide bonds. The Balaban J connectivity index is 1.72. The molecule has 25 heavy (non-hydrogen) atoms. The van der Waals surface area contributed by atoms with E-state index in [1.807, 2.05) is 30.9 Å². The summed E-state index contributed by atoms with van der Waals surface area (Å²) in [6, 6.07) is 5.61. The van der Waals surface area contributed by atoms with Crippen molar-refractivity contribution in [1.82, 2.24) is 4.90 Å². The van der Waals surface area contributed by atoms with Crippen LogP contribution >= 0.6 is 11.3 Å². The number of carbonyl (C=O) groups is 1. The van der Waals surface area contributed by atoms with E-state index in [-0.39, 0.29) is 11.9 Å². The molecule has 0 saturated carbocycles. The number of benzene rings is 1. The summed E-state index contributed by atoms with van der Waals surface area (Å²) in [5.41, 5.74) is 3.17. The molecule has 0 bridgehead atoms. The molecule has 134 valence electrons. The van der Waals surface area contributed by atoms with Crippen molar-refractivity contribution in [3.8, 4) is 11.5 Å². The van der Waals surface area contributed by atoms with E-state index in [0.717, 1.165) is 24.2 Å². The summed E-state index contributed by atoms with van der Waals surface area (Å²) >= 11 is 1.78. The highest BCUT2D eigenvalue weighted by Crippen LogP contribution is 2.33. The molecule has 6 heteroatoms. The Morgan fingerprint density at radius 3 is 2.72 bits per heavy atom. The van der Waals surface area contributed by atoms with Gasteiger partial charge in [-0.2, -0.15) is 0 Å². The van der Waals surface area contributed by atoms with Gasteiger partial charge in [0.05, 0.1) is 14.2 Å². The molecule has 1 aliphatic heterocycles. The van der Waals surface area contributed by atoms with E-state index in [0.29, 0.717) is 18.0 Å². The average Bonchev–Trinajstić information content (AvgIpc) is 3.09. The van der Waals surface area contributed by atoms with Crippen LogP contribution in [0.25, 0.3) is 0 Å². The minimum Gasteiger partial charge on any atom is -0.493 e. The number of methoxy groups -OCH3 is 2. The molecule has 1 aliphatic rings. The van der Waals surface area contributed by atoms with Gasteiger partial charge in [0.2, 0.25) is 5.91 Å². The predicted octanol–water partition coefficient (Wildman–Crippen LogP) is 3.46. The molecule has 1 atom stereocenters. The number of rotatable bonds is 5. The third-order valence-corrected chi connectivity index (χ3v) is 5.62. The first-order valence-electron chi connectivity index (χ1n) is 8.36. The monoisotopic (exact) mass is 360 g/mol. The zero-order valence-corrected chi connectivity index (χ0v) is 15.9. The van der Waals surface area contributed by atoms with Crippen molar-refractivity contribution in [3.63, 3.8) is 0 Å².